The Bertz CT molecular complexity index is 1060. The van der Waals surface area contributed by atoms with Gasteiger partial charge < -0.3 is 39.1 Å². The number of rotatable bonds is 2. The number of hydrogen-bond donors (Lipinski definition) is 3. The number of hydrogen-bond acceptors (Lipinski definition) is 9. The number of aliphatic hydroxyl groups excluding tert-OH is 1. The van der Waals surface area contributed by atoms with E-state index in [1.807, 2.05) is 6.92 Å². The zero-order chi connectivity index (χ0) is 26.7. The van der Waals surface area contributed by atoms with Crippen LogP contribution in [0.1, 0.15) is 71.6 Å². The van der Waals surface area contributed by atoms with Crippen molar-refractivity contribution in [2.75, 3.05) is 6.61 Å². The quantitative estimate of drug-likeness (QED) is 0.278. The molecule has 6 fully saturated rings. The molecule has 4 aliphatic carbocycles. The Labute approximate surface area is 222 Å². The first-order chi connectivity index (χ1) is 18.0. The number of cyclic esters (lactones) is 1. The lowest BCUT2D eigenvalue weighted by Gasteiger charge is -2.64. The van der Waals surface area contributed by atoms with Crippen LogP contribution in [-0.2, 0) is 28.5 Å². The molecule has 210 valence electrons. The first-order valence-electron chi connectivity index (χ1n) is 14.5. The Morgan fingerprint density at radius 1 is 1.03 bits per heavy atom. The van der Waals surface area contributed by atoms with E-state index in [1.165, 1.54) is 0 Å². The van der Waals surface area contributed by atoms with Gasteiger partial charge in [0.15, 0.2) is 0 Å². The van der Waals surface area contributed by atoms with Gasteiger partial charge in [0.05, 0.1) is 23.9 Å². The van der Waals surface area contributed by atoms with Crippen molar-refractivity contribution in [3.8, 4) is 0 Å². The van der Waals surface area contributed by atoms with Crippen LogP contribution in [0.2, 0.25) is 0 Å². The van der Waals surface area contributed by atoms with E-state index in [1.54, 1.807) is 6.08 Å². The molecular formula is C29H40O9. The number of carbonyl (C=O) groups is 2. The molecule has 38 heavy (non-hydrogen) atoms. The van der Waals surface area contributed by atoms with E-state index in [4.69, 9.17) is 18.9 Å². The summed E-state index contributed by atoms with van der Waals surface area (Å²) >= 11 is 0. The summed E-state index contributed by atoms with van der Waals surface area (Å²) in [6, 6.07) is 0. The van der Waals surface area contributed by atoms with Crippen molar-refractivity contribution < 1.29 is 43.9 Å². The van der Waals surface area contributed by atoms with Crippen LogP contribution < -0.4 is 0 Å². The Morgan fingerprint density at radius 3 is 2.58 bits per heavy atom. The second-order valence-electron chi connectivity index (χ2n) is 13.6. The summed E-state index contributed by atoms with van der Waals surface area (Å²) in [6.07, 6.45) is 5.34. The molecule has 0 aromatic carbocycles. The SMILES string of the molecule is C[C@@H]1C[C@H](O)[C@]2(O)OC3C[C@@]4(C=O)[C@@H](CCC5[C@@H]4CC[C@]4(C)[C@@H](C6=CC(=O)OC6)CC[C@]54O)C[C@H]3OC2O1. The van der Waals surface area contributed by atoms with Gasteiger partial charge >= 0.3 is 5.97 Å². The van der Waals surface area contributed by atoms with E-state index in [2.05, 4.69) is 6.92 Å². The zero-order valence-corrected chi connectivity index (χ0v) is 22.2. The van der Waals surface area contributed by atoms with Crippen molar-refractivity contribution in [1.82, 2.24) is 0 Å². The van der Waals surface area contributed by atoms with Gasteiger partial charge in [-0.1, -0.05) is 6.92 Å². The zero-order valence-electron chi connectivity index (χ0n) is 22.2. The highest BCUT2D eigenvalue weighted by molar-refractivity contribution is 5.85. The summed E-state index contributed by atoms with van der Waals surface area (Å²) in [5.41, 5.74) is -1.01. The molecule has 0 aromatic heterocycles. The van der Waals surface area contributed by atoms with Crippen molar-refractivity contribution in [2.45, 2.75) is 114 Å². The maximum Gasteiger partial charge on any atom is 0.331 e. The first-order valence-corrected chi connectivity index (χ1v) is 14.5. The standard InChI is InChI=1S/C29H40O9/c1-15-9-23(31)29(34)25(36-15)37-21-11-17-3-4-20-19(27(17,14-30)12-22(21)38-29)5-7-26(2)18(6-8-28(20,26)33)16-10-24(32)35-13-16/h10,14-15,17-23,25,31,33-34H,3-9,11-13H2,1-2H3/t15-,17+,18-,19+,20?,21-,22?,23+,25?,26-,27-,28+,29+/m1/s1. The highest BCUT2D eigenvalue weighted by Gasteiger charge is 2.70. The molecule has 3 N–H and O–H groups in total. The third-order valence-electron chi connectivity index (χ3n) is 12.1. The Morgan fingerprint density at radius 2 is 1.84 bits per heavy atom. The lowest BCUT2D eigenvalue weighted by Crippen LogP contribution is -2.71. The van der Waals surface area contributed by atoms with Gasteiger partial charge in [0.1, 0.15) is 19.0 Å². The number of esters is 1. The van der Waals surface area contributed by atoms with Crippen LogP contribution in [0.3, 0.4) is 0 Å². The van der Waals surface area contributed by atoms with E-state index < -0.39 is 35.3 Å². The van der Waals surface area contributed by atoms with E-state index in [0.717, 1.165) is 44.0 Å². The average molecular weight is 533 g/mol. The highest BCUT2D eigenvalue weighted by Crippen LogP contribution is 2.70. The van der Waals surface area contributed by atoms with Gasteiger partial charge in [-0.25, -0.2) is 4.79 Å². The fourth-order valence-corrected chi connectivity index (χ4v) is 10.2. The van der Waals surface area contributed by atoms with Crippen molar-refractivity contribution in [2.24, 2.45) is 34.5 Å². The third kappa shape index (κ3) is 3.20. The summed E-state index contributed by atoms with van der Waals surface area (Å²) in [5, 5.41) is 34.4. The molecule has 0 aromatic rings. The predicted octanol–water partition coefficient (Wildman–Crippen LogP) is 2.00. The molecule has 3 heterocycles. The molecule has 9 nitrogen and oxygen atoms in total. The lowest BCUT2D eigenvalue weighted by atomic mass is 9.42. The van der Waals surface area contributed by atoms with E-state index >= 15 is 0 Å². The van der Waals surface area contributed by atoms with Crippen LogP contribution in [0.25, 0.3) is 0 Å². The molecule has 13 atom stereocenters. The number of aliphatic hydroxyl groups is 3. The van der Waals surface area contributed by atoms with Crippen molar-refractivity contribution in [3.05, 3.63) is 11.6 Å². The van der Waals surface area contributed by atoms with Gasteiger partial charge in [-0.2, -0.15) is 0 Å². The molecule has 4 saturated carbocycles. The summed E-state index contributed by atoms with van der Waals surface area (Å²) in [4.78, 5) is 24.9. The van der Waals surface area contributed by atoms with Gasteiger partial charge in [-0.05, 0) is 87.5 Å². The molecule has 3 unspecified atom stereocenters. The number of carbonyl (C=O) groups excluding carboxylic acids is 2. The minimum atomic E-state index is -1.96. The summed E-state index contributed by atoms with van der Waals surface area (Å²) in [5.74, 6) is -2.11. The van der Waals surface area contributed by atoms with E-state index in [9.17, 15) is 24.9 Å². The van der Waals surface area contributed by atoms with Gasteiger partial charge in [-0.15, -0.1) is 0 Å². The minimum Gasteiger partial charge on any atom is -0.458 e. The average Bonchev–Trinajstić information content (AvgIpc) is 3.42. The van der Waals surface area contributed by atoms with Crippen LogP contribution >= 0.6 is 0 Å². The van der Waals surface area contributed by atoms with E-state index in [-0.39, 0.29) is 53.7 Å². The van der Waals surface area contributed by atoms with Gasteiger partial charge in [0, 0.05) is 23.3 Å². The molecule has 0 radical (unpaired) electrons. The molecule has 9 heteroatoms. The van der Waals surface area contributed by atoms with Gasteiger partial charge in [-0.3, -0.25) is 0 Å². The number of ether oxygens (including phenoxy) is 4. The summed E-state index contributed by atoms with van der Waals surface area (Å²) in [7, 11) is 0. The molecule has 2 saturated heterocycles. The molecular weight excluding hydrogens is 492 g/mol. The molecule has 0 amide bonds. The minimum absolute atomic E-state index is 0.00418. The second-order valence-corrected chi connectivity index (χ2v) is 13.6. The Balaban J connectivity index is 1.18. The molecule has 0 bridgehead atoms. The first kappa shape index (κ1) is 25.6. The molecule has 0 spiro atoms. The van der Waals surface area contributed by atoms with Crippen LogP contribution in [0.15, 0.2) is 11.6 Å². The second kappa shape index (κ2) is 8.33. The predicted molar refractivity (Wildman–Crippen MR) is 131 cm³/mol. The fourth-order valence-electron chi connectivity index (χ4n) is 10.2. The topological polar surface area (TPSA) is 132 Å². The largest absolute Gasteiger partial charge is 0.458 e. The van der Waals surface area contributed by atoms with Crippen molar-refractivity contribution in [3.63, 3.8) is 0 Å². The fraction of sp³-hybridized carbons (Fsp3) is 0.862. The monoisotopic (exact) mass is 532 g/mol. The van der Waals surface area contributed by atoms with Crippen molar-refractivity contribution >= 4 is 12.3 Å². The summed E-state index contributed by atoms with van der Waals surface area (Å²) in [6.45, 7) is 4.31. The van der Waals surface area contributed by atoms with Crippen LogP contribution in [0.4, 0.5) is 0 Å². The third-order valence-corrected chi connectivity index (χ3v) is 12.1. The normalized spacial score (nSPS) is 57.4. The molecule has 3 aliphatic heterocycles. The smallest absolute Gasteiger partial charge is 0.331 e. The number of aldehydes is 1. The summed E-state index contributed by atoms with van der Waals surface area (Å²) < 4.78 is 23.5. The van der Waals surface area contributed by atoms with E-state index in [0.29, 0.717) is 25.9 Å². The number of fused-ring (bicyclic) bond motifs is 7. The van der Waals surface area contributed by atoms with Crippen LogP contribution in [0.5, 0.6) is 0 Å². The maximum atomic E-state index is 13.1. The highest BCUT2D eigenvalue weighted by atomic mass is 16.8. The molecule has 7 rings (SSSR count). The Hall–Kier alpha value is -1.36. The lowest BCUT2D eigenvalue weighted by molar-refractivity contribution is -0.457. The van der Waals surface area contributed by atoms with Crippen LogP contribution in [-0.4, -0.2) is 76.3 Å². The Kier molecular flexibility index (Phi) is 5.61. The van der Waals surface area contributed by atoms with Gasteiger partial charge in [0.2, 0.25) is 12.1 Å². The van der Waals surface area contributed by atoms with Gasteiger partial charge in [0.25, 0.3) is 0 Å². The van der Waals surface area contributed by atoms with Crippen molar-refractivity contribution in [1.29, 1.82) is 0 Å². The molecule has 7 aliphatic rings. The van der Waals surface area contributed by atoms with Crippen LogP contribution in [0, 0.1) is 34.5 Å². The maximum absolute atomic E-state index is 13.1.